The second-order valence-corrected chi connectivity index (χ2v) is 7.99. The van der Waals surface area contributed by atoms with E-state index in [0.717, 1.165) is 0 Å². The first-order valence-corrected chi connectivity index (χ1v) is 10.2. The van der Waals surface area contributed by atoms with Crippen LogP contribution in [0, 0.1) is 26.6 Å². The molecule has 0 aliphatic heterocycles. The van der Waals surface area contributed by atoms with E-state index in [1.807, 2.05) is 0 Å². The van der Waals surface area contributed by atoms with E-state index in [2.05, 4.69) is 15.6 Å². The van der Waals surface area contributed by atoms with Crippen LogP contribution in [0.2, 0.25) is 0 Å². The zero-order chi connectivity index (χ0) is 22.9. The van der Waals surface area contributed by atoms with Gasteiger partial charge in [-0.05, 0) is 50.1 Å². The summed E-state index contributed by atoms with van der Waals surface area (Å²) < 4.78 is 15.0. The van der Waals surface area contributed by atoms with Gasteiger partial charge in [-0.1, -0.05) is 0 Å². The third-order valence-electron chi connectivity index (χ3n) is 4.99. The van der Waals surface area contributed by atoms with Crippen LogP contribution in [-0.2, 0) is 18.4 Å². The van der Waals surface area contributed by atoms with Crippen LogP contribution in [0.1, 0.15) is 43.4 Å². The number of anilines is 2. The Labute approximate surface area is 182 Å². The topological polar surface area (TPSA) is 119 Å². The first-order valence-electron chi connectivity index (χ1n) is 9.36. The van der Waals surface area contributed by atoms with Crippen molar-refractivity contribution < 1.29 is 18.8 Å². The number of amides is 2. The van der Waals surface area contributed by atoms with Crippen LogP contribution in [-0.4, -0.2) is 27.1 Å². The standard InChI is InChI=1S/C21H22FN5O3S/c1-10-7-13(5-6-15(10)22)25-19(29)16-11(2)17(27(4)12(16)3)18(28)20(30)24-8-14-9-31-21(23)26-14/h5-7,9H,8H2,1-4H3,(H2,23,26)(H,24,30)(H,25,29). The number of ketones is 1. The molecule has 3 aromatic rings. The van der Waals surface area contributed by atoms with Gasteiger partial charge in [-0.25, -0.2) is 9.37 Å². The van der Waals surface area contributed by atoms with Crippen molar-refractivity contribution in [3.63, 3.8) is 0 Å². The molecule has 8 nitrogen and oxygen atoms in total. The van der Waals surface area contributed by atoms with Crippen LogP contribution in [0.4, 0.5) is 15.2 Å². The van der Waals surface area contributed by atoms with Crippen molar-refractivity contribution in [3.8, 4) is 0 Å². The van der Waals surface area contributed by atoms with E-state index < -0.39 is 17.6 Å². The minimum absolute atomic E-state index is 0.0674. The lowest BCUT2D eigenvalue weighted by molar-refractivity contribution is -0.117. The maximum atomic E-state index is 13.5. The highest BCUT2D eigenvalue weighted by Crippen LogP contribution is 2.24. The fourth-order valence-corrected chi connectivity index (χ4v) is 3.88. The number of nitrogen functional groups attached to an aromatic ring is 1. The Hall–Kier alpha value is -3.53. The number of carbonyl (C=O) groups is 3. The molecule has 162 valence electrons. The van der Waals surface area contributed by atoms with Gasteiger partial charge in [0.15, 0.2) is 5.13 Å². The summed E-state index contributed by atoms with van der Waals surface area (Å²) in [6, 6.07) is 4.25. The lowest BCUT2D eigenvalue weighted by Crippen LogP contribution is -2.32. The molecule has 0 unspecified atom stereocenters. The van der Waals surface area contributed by atoms with E-state index >= 15 is 0 Å². The minimum Gasteiger partial charge on any atom is -0.375 e. The molecule has 0 fully saturated rings. The molecule has 2 aromatic heterocycles. The average molecular weight is 444 g/mol. The van der Waals surface area contributed by atoms with E-state index in [4.69, 9.17) is 5.73 Å². The number of hydrogen-bond donors (Lipinski definition) is 3. The summed E-state index contributed by atoms with van der Waals surface area (Å²) in [6.07, 6.45) is 0. The van der Waals surface area contributed by atoms with Crippen molar-refractivity contribution in [1.82, 2.24) is 14.9 Å². The van der Waals surface area contributed by atoms with Crippen LogP contribution >= 0.6 is 11.3 Å². The summed E-state index contributed by atoms with van der Waals surface area (Å²) in [5.41, 5.74) is 8.26. The summed E-state index contributed by atoms with van der Waals surface area (Å²) in [7, 11) is 1.61. The molecule has 2 amide bonds. The number of benzene rings is 1. The SMILES string of the molecule is Cc1cc(NC(=O)c2c(C)c(C(=O)C(=O)NCc3csc(N)n3)n(C)c2C)ccc1F. The van der Waals surface area contributed by atoms with Gasteiger partial charge in [0.1, 0.15) is 5.82 Å². The molecule has 1 aromatic carbocycles. The maximum absolute atomic E-state index is 13.5. The van der Waals surface area contributed by atoms with Crippen LogP contribution in [0.25, 0.3) is 0 Å². The summed E-state index contributed by atoms with van der Waals surface area (Å²) in [6.45, 7) is 4.96. The van der Waals surface area contributed by atoms with E-state index in [9.17, 15) is 18.8 Å². The molecule has 0 atom stereocenters. The number of carbonyl (C=O) groups excluding carboxylic acids is 3. The number of aryl methyl sites for hydroxylation is 1. The molecule has 0 spiro atoms. The predicted octanol–water partition coefficient (Wildman–Crippen LogP) is 2.88. The Morgan fingerprint density at radius 2 is 1.94 bits per heavy atom. The van der Waals surface area contributed by atoms with Crippen molar-refractivity contribution in [2.24, 2.45) is 7.05 Å². The fourth-order valence-electron chi connectivity index (χ4n) is 3.31. The zero-order valence-corrected chi connectivity index (χ0v) is 18.3. The van der Waals surface area contributed by atoms with Gasteiger partial charge < -0.3 is 20.9 Å². The lowest BCUT2D eigenvalue weighted by Gasteiger charge is -2.07. The second kappa shape index (κ2) is 8.68. The van der Waals surface area contributed by atoms with Gasteiger partial charge in [0.2, 0.25) is 0 Å². The molecule has 3 rings (SSSR count). The fraction of sp³-hybridized carbons (Fsp3) is 0.238. The van der Waals surface area contributed by atoms with Gasteiger partial charge >= 0.3 is 0 Å². The van der Waals surface area contributed by atoms with Gasteiger partial charge in [-0.15, -0.1) is 11.3 Å². The monoisotopic (exact) mass is 443 g/mol. The Morgan fingerprint density at radius 1 is 1.23 bits per heavy atom. The third-order valence-corrected chi connectivity index (χ3v) is 5.72. The molecule has 2 heterocycles. The van der Waals surface area contributed by atoms with Crippen LogP contribution in [0.15, 0.2) is 23.6 Å². The summed E-state index contributed by atoms with van der Waals surface area (Å²) in [5, 5.41) is 7.30. The van der Waals surface area contributed by atoms with E-state index in [0.29, 0.717) is 33.3 Å². The quantitative estimate of drug-likeness (QED) is 0.400. The van der Waals surface area contributed by atoms with Crippen LogP contribution in [0.5, 0.6) is 0 Å². The van der Waals surface area contributed by atoms with Gasteiger partial charge in [0.05, 0.1) is 23.5 Å². The molecule has 0 aliphatic rings. The Bertz CT molecular complexity index is 1200. The second-order valence-electron chi connectivity index (χ2n) is 7.10. The largest absolute Gasteiger partial charge is 0.375 e. The van der Waals surface area contributed by atoms with Crippen molar-refractivity contribution in [2.45, 2.75) is 27.3 Å². The van der Waals surface area contributed by atoms with Crippen molar-refractivity contribution >= 4 is 39.8 Å². The summed E-state index contributed by atoms with van der Waals surface area (Å²) in [5.74, 6) is -2.39. The first kappa shape index (κ1) is 22.2. The molecule has 10 heteroatoms. The van der Waals surface area contributed by atoms with Crippen molar-refractivity contribution in [2.75, 3.05) is 11.1 Å². The average Bonchev–Trinajstić information content (AvgIpc) is 3.22. The van der Waals surface area contributed by atoms with E-state index in [1.165, 1.54) is 34.1 Å². The molecule has 0 aliphatic carbocycles. The predicted molar refractivity (Wildman–Crippen MR) is 117 cm³/mol. The molecule has 31 heavy (non-hydrogen) atoms. The van der Waals surface area contributed by atoms with Gasteiger partial charge in [-0.3, -0.25) is 14.4 Å². The highest BCUT2D eigenvalue weighted by atomic mass is 32.1. The number of halogens is 1. The number of nitrogens with zero attached hydrogens (tertiary/aromatic N) is 2. The zero-order valence-electron chi connectivity index (χ0n) is 17.5. The molecular formula is C21H22FN5O3S. The number of nitrogens with two attached hydrogens (primary N) is 1. The molecule has 0 saturated heterocycles. The van der Waals surface area contributed by atoms with E-state index in [-0.39, 0.29) is 23.6 Å². The third kappa shape index (κ3) is 4.48. The van der Waals surface area contributed by atoms with Gasteiger partial charge in [-0.2, -0.15) is 0 Å². The number of thiazole rings is 1. The van der Waals surface area contributed by atoms with Crippen molar-refractivity contribution in [1.29, 1.82) is 0 Å². The normalized spacial score (nSPS) is 10.7. The van der Waals surface area contributed by atoms with Crippen LogP contribution < -0.4 is 16.4 Å². The lowest BCUT2D eigenvalue weighted by atomic mass is 10.1. The highest BCUT2D eigenvalue weighted by Gasteiger charge is 2.28. The number of nitrogens with one attached hydrogen (secondary N) is 2. The Morgan fingerprint density at radius 3 is 2.55 bits per heavy atom. The first-order chi connectivity index (χ1) is 14.6. The number of Topliss-reactive ketones (excluding diaryl/α,β-unsaturated/α-hetero) is 1. The molecular weight excluding hydrogens is 421 g/mol. The number of hydrogen-bond acceptors (Lipinski definition) is 6. The number of aromatic nitrogens is 2. The highest BCUT2D eigenvalue weighted by molar-refractivity contribution is 7.13. The van der Waals surface area contributed by atoms with Gasteiger partial charge in [0.25, 0.3) is 17.6 Å². The van der Waals surface area contributed by atoms with Crippen molar-refractivity contribution in [3.05, 3.63) is 63.2 Å². The molecule has 4 N–H and O–H groups in total. The van der Waals surface area contributed by atoms with E-state index in [1.54, 1.807) is 33.2 Å². The summed E-state index contributed by atoms with van der Waals surface area (Å²) >= 11 is 1.24. The smallest absolute Gasteiger partial charge is 0.294 e. The molecule has 0 saturated carbocycles. The maximum Gasteiger partial charge on any atom is 0.294 e. The molecule has 0 radical (unpaired) electrons. The summed E-state index contributed by atoms with van der Waals surface area (Å²) in [4.78, 5) is 42.1. The minimum atomic E-state index is -0.809. The van der Waals surface area contributed by atoms with Gasteiger partial charge in [0, 0.05) is 23.8 Å². The molecule has 0 bridgehead atoms. The van der Waals surface area contributed by atoms with Crippen LogP contribution in [0.3, 0.4) is 0 Å². The Balaban J connectivity index is 1.81. The Kier molecular flexibility index (Phi) is 6.21. The number of rotatable bonds is 6.